The van der Waals surface area contributed by atoms with Crippen LogP contribution in [0.4, 0.5) is 11.4 Å². The van der Waals surface area contributed by atoms with Gasteiger partial charge in [0, 0.05) is 17.1 Å². The molecule has 152 valence electrons. The Labute approximate surface area is 180 Å². The Morgan fingerprint density at radius 3 is 2.73 bits per heavy atom. The number of nitrogens with zero attached hydrogens (tertiary/aromatic N) is 4. The summed E-state index contributed by atoms with van der Waals surface area (Å²) in [5.74, 6) is -0.140. The number of fused-ring (bicyclic) bond motifs is 3. The van der Waals surface area contributed by atoms with Crippen molar-refractivity contribution >= 4 is 34.7 Å². The Kier molecular flexibility index (Phi) is 4.71. The van der Waals surface area contributed by atoms with E-state index in [2.05, 4.69) is 14.8 Å². The van der Waals surface area contributed by atoms with Gasteiger partial charge in [0.25, 0.3) is 0 Å². The molecule has 0 bridgehead atoms. The Morgan fingerprint density at radius 1 is 1.23 bits per heavy atom. The molecule has 0 radical (unpaired) electrons. The Morgan fingerprint density at radius 2 is 2.03 bits per heavy atom. The number of anilines is 1. The predicted octanol–water partition coefficient (Wildman–Crippen LogP) is 5.33. The summed E-state index contributed by atoms with van der Waals surface area (Å²) in [5.41, 5.74) is 4.29. The summed E-state index contributed by atoms with van der Waals surface area (Å²) in [4.78, 5) is 19.3. The molecule has 7 heteroatoms. The van der Waals surface area contributed by atoms with Crippen molar-refractivity contribution in [2.24, 2.45) is 16.9 Å². The zero-order chi connectivity index (χ0) is 20.8. The maximum Gasteiger partial charge on any atom is 0.337 e. The molecule has 2 unspecified atom stereocenters. The Balaban J connectivity index is 1.59. The molecule has 0 saturated heterocycles. The smallest absolute Gasteiger partial charge is 0.337 e. The van der Waals surface area contributed by atoms with Crippen molar-refractivity contribution in [2.75, 3.05) is 5.01 Å². The standard InChI is InChI=1S/C23H21ClN4O2/c1-25-19-9-7-16(11-18(19)24)28-22(13-4-2-3-5-13)17-8-6-14-10-15(23(29)30)12-26-20(14)21(17)27-28/h7,9-13,17,22H,2-6,8H2,(H,29,30). The van der Waals surface area contributed by atoms with Crippen LogP contribution in [0, 0.1) is 18.4 Å². The lowest BCUT2D eigenvalue weighted by Crippen LogP contribution is -2.40. The average molecular weight is 421 g/mol. The number of benzene rings is 1. The molecule has 1 aromatic carbocycles. The third-order valence-corrected chi connectivity index (χ3v) is 6.94. The second kappa shape index (κ2) is 7.41. The van der Waals surface area contributed by atoms with Crippen LogP contribution in [0.1, 0.15) is 53.7 Å². The van der Waals surface area contributed by atoms with Gasteiger partial charge in [0.1, 0.15) is 0 Å². The SMILES string of the molecule is [C-]#[N+]c1ccc(N2N=C3c4ncc(C(=O)O)cc4CCC3C2C2CCCC2)cc1Cl. The van der Waals surface area contributed by atoms with E-state index >= 15 is 0 Å². The molecule has 5 rings (SSSR count). The van der Waals surface area contributed by atoms with Crippen LogP contribution in [0.25, 0.3) is 4.85 Å². The van der Waals surface area contributed by atoms with Crippen LogP contribution in [0.2, 0.25) is 5.02 Å². The summed E-state index contributed by atoms with van der Waals surface area (Å²) in [5, 5.41) is 16.9. The van der Waals surface area contributed by atoms with Crippen LogP contribution in [0.5, 0.6) is 0 Å². The molecule has 1 N–H and O–H groups in total. The predicted molar refractivity (Wildman–Crippen MR) is 115 cm³/mol. The van der Waals surface area contributed by atoms with Crippen LogP contribution in [0.15, 0.2) is 35.6 Å². The fraction of sp³-hybridized carbons (Fsp3) is 0.391. The number of carboxylic acid groups (broad SMARTS) is 1. The molecule has 2 heterocycles. The van der Waals surface area contributed by atoms with Crippen molar-refractivity contribution in [2.45, 2.75) is 44.6 Å². The topological polar surface area (TPSA) is 70.2 Å². The fourth-order valence-electron chi connectivity index (χ4n) is 5.27. The second-order valence-electron chi connectivity index (χ2n) is 8.29. The van der Waals surface area contributed by atoms with Gasteiger partial charge >= 0.3 is 5.97 Å². The molecule has 2 aromatic rings. The summed E-state index contributed by atoms with van der Waals surface area (Å²) in [7, 11) is 0. The van der Waals surface area contributed by atoms with Gasteiger partial charge in [-0.05, 0) is 55.4 Å². The summed E-state index contributed by atoms with van der Waals surface area (Å²) < 4.78 is 0. The third kappa shape index (κ3) is 3.05. The van der Waals surface area contributed by atoms with Crippen LogP contribution in [0.3, 0.4) is 0 Å². The molecule has 3 aliphatic rings. The van der Waals surface area contributed by atoms with Gasteiger partial charge in [0.15, 0.2) is 0 Å². The number of rotatable bonds is 3. The number of pyridine rings is 1. The van der Waals surface area contributed by atoms with Crippen molar-refractivity contribution in [3.05, 3.63) is 63.7 Å². The molecule has 1 aliphatic heterocycles. The average Bonchev–Trinajstić information content (AvgIpc) is 3.40. The van der Waals surface area contributed by atoms with Crippen LogP contribution < -0.4 is 5.01 Å². The molecule has 0 amide bonds. The number of aromatic nitrogens is 1. The molecule has 1 fully saturated rings. The molecule has 6 nitrogen and oxygen atoms in total. The van der Waals surface area contributed by atoms with E-state index in [-0.39, 0.29) is 17.5 Å². The molecular weight excluding hydrogens is 400 g/mol. The van der Waals surface area contributed by atoms with E-state index in [1.54, 1.807) is 12.1 Å². The zero-order valence-electron chi connectivity index (χ0n) is 16.4. The first-order valence-corrected chi connectivity index (χ1v) is 10.7. The van der Waals surface area contributed by atoms with Gasteiger partial charge in [-0.25, -0.2) is 9.64 Å². The van der Waals surface area contributed by atoms with Crippen molar-refractivity contribution in [1.82, 2.24) is 4.98 Å². The summed E-state index contributed by atoms with van der Waals surface area (Å²) in [6, 6.07) is 7.48. The van der Waals surface area contributed by atoms with Gasteiger partial charge in [-0.2, -0.15) is 5.10 Å². The van der Waals surface area contributed by atoms with Gasteiger partial charge in [0.2, 0.25) is 5.69 Å². The number of carbonyl (C=O) groups is 1. The maximum absolute atomic E-state index is 11.3. The molecule has 30 heavy (non-hydrogen) atoms. The molecule has 1 saturated carbocycles. The lowest BCUT2D eigenvalue weighted by atomic mass is 9.76. The largest absolute Gasteiger partial charge is 0.478 e. The van der Waals surface area contributed by atoms with Gasteiger partial charge < -0.3 is 5.11 Å². The number of hydrogen-bond acceptors (Lipinski definition) is 4. The minimum Gasteiger partial charge on any atom is -0.478 e. The number of hydrogen-bond donors (Lipinski definition) is 1. The minimum absolute atomic E-state index is 0.219. The van der Waals surface area contributed by atoms with Crippen molar-refractivity contribution in [3.63, 3.8) is 0 Å². The van der Waals surface area contributed by atoms with Crippen LogP contribution in [-0.2, 0) is 6.42 Å². The van der Waals surface area contributed by atoms with Crippen LogP contribution >= 0.6 is 11.6 Å². The maximum atomic E-state index is 11.3. The lowest BCUT2D eigenvalue weighted by molar-refractivity contribution is 0.0696. The number of aryl methyl sites for hydroxylation is 1. The molecule has 2 atom stereocenters. The van der Waals surface area contributed by atoms with Gasteiger partial charge in [-0.1, -0.05) is 30.5 Å². The fourth-order valence-corrected chi connectivity index (χ4v) is 5.48. The van der Waals surface area contributed by atoms with E-state index in [4.69, 9.17) is 23.3 Å². The normalized spacial score (nSPS) is 22.9. The molecular formula is C23H21ClN4O2. The highest BCUT2D eigenvalue weighted by Gasteiger charge is 2.46. The Bertz CT molecular complexity index is 1100. The number of hydrazone groups is 1. The highest BCUT2D eigenvalue weighted by atomic mass is 35.5. The number of halogens is 1. The first-order chi connectivity index (χ1) is 14.6. The molecule has 1 aromatic heterocycles. The third-order valence-electron chi connectivity index (χ3n) is 6.64. The first kappa shape index (κ1) is 19.1. The van der Waals surface area contributed by atoms with E-state index in [1.165, 1.54) is 31.9 Å². The van der Waals surface area contributed by atoms with E-state index in [1.807, 2.05) is 12.1 Å². The van der Waals surface area contributed by atoms with E-state index in [0.717, 1.165) is 35.5 Å². The number of aromatic carboxylic acids is 1. The van der Waals surface area contributed by atoms with E-state index in [9.17, 15) is 9.90 Å². The number of carboxylic acids is 1. The van der Waals surface area contributed by atoms with E-state index < -0.39 is 5.97 Å². The van der Waals surface area contributed by atoms with Gasteiger partial charge in [-0.15, -0.1) is 0 Å². The van der Waals surface area contributed by atoms with Gasteiger partial charge in [-0.3, -0.25) is 9.99 Å². The highest BCUT2D eigenvalue weighted by molar-refractivity contribution is 6.33. The minimum atomic E-state index is -0.958. The van der Waals surface area contributed by atoms with Crippen molar-refractivity contribution in [1.29, 1.82) is 0 Å². The van der Waals surface area contributed by atoms with Crippen molar-refractivity contribution in [3.8, 4) is 0 Å². The second-order valence-corrected chi connectivity index (χ2v) is 8.70. The summed E-state index contributed by atoms with van der Waals surface area (Å²) >= 11 is 6.34. The molecule has 0 spiro atoms. The highest BCUT2D eigenvalue weighted by Crippen LogP contribution is 2.45. The monoisotopic (exact) mass is 420 g/mol. The van der Waals surface area contributed by atoms with Crippen LogP contribution in [-0.4, -0.2) is 27.8 Å². The Hall–Kier alpha value is -2.91. The van der Waals surface area contributed by atoms with E-state index in [0.29, 0.717) is 16.6 Å². The van der Waals surface area contributed by atoms with Crippen molar-refractivity contribution < 1.29 is 9.90 Å². The summed E-state index contributed by atoms with van der Waals surface area (Å²) in [6.07, 6.45) is 8.03. The summed E-state index contributed by atoms with van der Waals surface area (Å²) in [6.45, 7) is 7.25. The molecule has 2 aliphatic carbocycles. The zero-order valence-corrected chi connectivity index (χ0v) is 17.1. The first-order valence-electron chi connectivity index (χ1n) is 10.3. The quantitative estimate of drug-likeness (QED) is 0.681. The van der Waals surface area contributed by atoms with Gasteiger partial charge in [0.05, 0.1) is 35.3 Å². The lowest BCUT2D eigenvalue weighted by Gasteiger charge is -2.34.